The number of aryl methyl sites for hydroxylation is 14. The maximum Gasteiger partial charge on any atom is 3.00 e. The molecule has 6 heterocycles. The number of hydrogen-bond acceptors (Lipinski definition) is 8. The number of hydrogen-bond donors (Lipinski definition) is 2. The largest absolute Gasteiger partial charge is 3.00 e. The Labute approximate surface area is 772 Å². The van der Waals surface area contributed by atoms with Gasteiger partial charge in [0.2, 0.25) is 0 Å². The molecule has 0 saturated carbocycles. The van der Waals surface area contributed by atoms with Crippen LogP contribution in [0.1, 0.15) is 126 Å². The van der Waals surface area contributed by atoms with Gasteiger partial charge < -0.3 is 40.0 Å². The average Bonchev–Trinajstić information content (AvgIpc) is 0.774. The zero-order chi connectivity index (χ0) is 101. The summed E-state index contributed by atoms with van der Waals surface area (Å²) < 4.78 is 181. The molecule has 0 unspecified atom stereocenters. The minimum absolute atomic E-state index is 0. The first-order valence-corrected chi connectivity index (χ1v) is 36.7. The Kier molecular flexibility index (Phi) is 26.3. The van der Waals surface area contributed by atoms with Crippen LogP contribution in [-0.2, 0) is 40.2 Å². The van der Waals surface area contributed by atoms with E-state index in [2.05, 4.69) is 94.4 Å². The second-order valence-electron chi connectivity index (χ2n) is 26.1. The molecule has 12 heteroatoms. The van der Waals surface area contributed by atoms with Crippen molar-refractivity contribution in [1.82, 2.24) is 29.9 Å². The molecule has 596 valence electrons. The van der Waals surface area contributed by atoms with E-state index in [0.717, 1.165) is 88.3 Å². The molecule has 2 N–H and O–H groups in total. The number of pyridine rings is 6. The Hall–Kier alpha value is -11.1. The van der Waals surface area contributed by atoms with Gasteiger partial charge in [0, 0.05) is 70.1 Å². The summed E-state index contributed by atoms with van der Waals surface area (Å²) in [4.78, 5) is 25.6. The van der Waals surface area contributed by atoms with E-state index in [4.69, 9.17) is 42.9 Å². The van der Waals surface area contributed by atoms with Gasteiger partial charge in [-0.05, 0) is 181 Å². The van der Waals surface area contributed by atoms with E-state index in [-0.39, 0.29) is 88.4 Å². The standard InChI is InChI=1S/2C20H18N.C19H16N.C13H11BrN.2C13H12N.C6H7BO2.2CH4.2Ir/c2*1-14-9-10-18(15(2)11-14)19-12-20(21-13-16(19)3)17-7-5-4-6-8-17;1-14-8-11-19(20-13-14)17-10-9-15(2)18(12-17)16-6-4-3-5-7-16;1-9-3-6-13(15-8-9)11-5-4-10(2)12(14)7-11;2*1-10-3-6-12(7-4-10)13-8-5-11(2)9-14-13;8-7(9)6-4-2-1-3-5-6;;;;/h2*4-7,9-13H,1-3H3;3-9,11-13H,1-2H3;3-4,6-8H,1-2H3;2*3-6,8-9H,1-2H3;1-5,8-9H;2*1H4;;/q6*-1;;;;2*+3/i2*1D3,3D3;4*1D3;;;;;. The van der Waals surface area contributed by atoms with Crippen molar-refractivity contribution in [2.24, 2.45) is 0 Å². The molecule has 118 heavy (non-hydrogen) atoms. The molecule has 0 bridgehead atoms. The fraction of sp³-hybridized carbons (Fsp3) is 0.151. The van der Waals surface area contributed by atoms with Crippen LogP contribution in [0, 0.1) is 133 Å². The first kappa shape index (κ1) is 64.9. The van der Waals surface area contributed by atoms with Gasteiger partial charge in [-0.15, -0.1) is 201 Å². The minimum atomic E-state index is -2.34. The van der Waals surface area contributed by atoms with Crippen LogP contribution in [0.25, 0.3) is 101 Å². The summed E-state index contributed by atoms with van der Waals surface area (Å²) in [5.74, 6) is 0. The molecule has 16 aromatic rings. The van der Waals surface area contributed by atoms with Crippen molar-refractivity contribution < 1.29 is 83.2 Å². The molecule has 0 aliphatic carbocycles. The number of rotatable bonds is 10. The van der Waals surface area contributed by atoms with E-state index in [9.17, 15) is 0 Å². The topological polar surface area (TPSA) is 118 Å². The smallest absolute Gasteiger partial charge is 0.423 e. The quantitative estimate of drug-likeness (QED) is 0.103. The van der Waals surface area contributed by atoms with E-state index in [1.807, 2.05) is 137 Å². The second kappa shape index (κ2) is 47.9. The van der Waals surface area contributed by atoms with E-state index in [1.165, 1.54) is 49.1 Å². The zero-order valence-corrected chi connectivity index (χ0v) is 70.4. The van der Waals surface area contributed by atoms with Crippen molar-refractivity contribution in [2.75, 3.05) is 0 Å². The molecular weight excluding hydrogens is 1860 g/mol. The number of nitrogens with zero attached hydrogens (tertiary/aromatic N) is 6. The van der Waals surface area contributed by atoms with Gasteiger partial charge in [-0.3, -0.25) is 0 Å². The van der Waals surface area contributed by atoms with Crippen molar-refractivity contribution >= 4 is 28.5 Å². The Morgan fingerprint density at radius 3 is 1.00 bits per heavy atom. The van der Waals surface area contributed by atoms with Crippen molar-refractivity contribution in [3.8, 4) is 101 Å². The average molecular weight is 1990 g/mol. The van der Waals surface area contributed by atoms with Gasteiger partial charge in [0.15, 0.2) is 0 Å². The van der Waals surface area contributed by atoms with Gasteiger partial charge >= 0.3 is 47.3 Å². The third-order valence-electron chi connectivity index (χ3n) is 17.3. The van der Waals surface area contributed by atoms with Crippen LogP contribution in [0.5, 0.6) is 0 Å². The normalized spacial score (nSPS) is 13.8. The van der Waals surface area contributed by atoms with E-state index in [1.54, 1.807) is 148 Å². The predicted molar refractivity (Wildman–Crippen MR) is 491 cm³/mol. The van der Waals surface area contributed by atoms with Gasteiger partial charge in [-0.1, -0.05) is 237 Å². The molecule has 16 rings (SSSR count). The van der Waals surface area contributed by atoms with Crippen molar-refractivity contribution in [3.63, 3.8) is 0 Å². The molecule has 0 aliphatic heterocycles. The maximum atomic E-state index is 8.58. The maximum absolute atomic E-state index is 8.58. The predicted octanol–water partition coefficient (Wildman–Crippen LogP) is 26.0. The molecular formula is C106H102BBrIr2N6O2. The molecule has 8 nitrogen and oxygen atoms in total. The van der Waals surface area contributed by atoms with Gasteiger partial charge in [-0.2, -0.15) is 0 Å². The summed E-state index contributed by atoms with van der Waals surface area (Å²) in [6.07, 6.45) is 9.11. The first-order valence-electron chi connectivity index (χ1n) is 47.9. The van der Waals surface area contributed by atoms with Gasteiger partial charge in [0.05, 0.1) is 0 Å². The molecule has 10 aromatic carbocycles. The van der Waals surface area contributed by atoms with Crippen LogP contribution >= 0.6 is 15.9 Å². The van der Waals surface area contributed by atoms with Crippen molar-refractivity contribution in [1.29, 1.82) is 0 Å². The monoisotopic (exact) mass is 1990 g/mol. The number of halogens is 1. The summed E-state index contributed by atoms with van der Waals surface area (Å²) in [5.41, 5.74) is 21.9. The Morgan fingerprint density at radius 2 is 0.644 bits per heavy atom. The molecule has 0 amide bonds. The molecule has 0 saturated heterocycles. The van der Waals surface area contributed by atoms with Crippen LogP contribution in [0.15, 0.2) is 309 Å². The van der Waals surface area contributed by atoms with Crippen LogP contribution in [0.4, 0.5) is 0 Å². The third kappa shape index (κ3) is 28.6. The fourth-order valence-corrected chi connectivity index (χ4v) is 11.5. The summed E-state index contributed by atoms with van der Waals surface area (Å²) in [6.45, 7) is -5.94. The van der Waals surface area contributed by atoms with Gasteiger partial charge in [0.1, 0.15) is 0 Å². The van der Waals surface area contributed by atoms with Crippen LogP contribution in [-0.4, -0.2) is 47.1 Å². The molecule has 6 aromatic heterocycles. The Morgan fingerprint density at radius 1 is 0.280 bits per heavy atom. The van der Waals surface area contributed by atoms with E-state index >= 15 is 0 Å². The Bertz CT molecular complexity index is 6430. The minimum Gasteiger partial charge on any atom is -0.423 e. The van der Waals surface area contributed by atoms with Gasteiger partial charge in [0.25, 0.3) is 0 Å². The Balaban J connectivity index is 0.000000257. The summed E-state index contributed by atoms with van der Waals surface area (Å²) in [6, 6.07) is 96.7. The number of benzene rings is 10. The third-order valence-corrected chi connectivity index (χ3v) is 18.2. The van der Waals surface area contributed by atoms with E-state index in [0.29, 0.717) is 67.1 Å². The molecule has 0 radical (unpaired) electrons. The SMILES string of the molecule is C.C.OB(O)c1ccccc1.[2H]C([2H])([2H])c1c[c-]c(-c2ccc(C)cn2)cc1.[2H]C([2H])([2H])c1c[c-]c(-c2ccc(C)cn2)cc1.[2H]C([2H])([2H])c1ccc(-c2[c-]cc(C)c(-c3ccccc3)c2)nc1.[2H]C([2H])([2H])c1ccc(-c2[c-]cc(C)c(Br)c2)nc1.[2H]C([2H])([2H])c1ccc(-c2cc(-c3[c-]cccc3)ncc2C([2H])([2H])[2H])c(C)c1.[2H]C([2H])([2H])c1ccc(-c2cc(-c3[c-]cccc3)ncc2C([2H])([2H])[2H])c(C)c1.[Ir+3].[Ir+3]. The van der Waals surface area contributed by atoms with Crippen molar-refractivity contribution in [3.05, 3.63) is 423 Å². The second-order valence-corrected chi connectivity index (χ2v) is 27.0. The van der Waals surface area contributed by atoms with E-state index < -0.39 is 61.9 Å². The van der Waals surface area contributed by atoms with Crippen LogP contribution in [0.3, 0.4) is 0 Å². The van der Waals surface area contributed by atoms with Crippen LogP contribution < -0.4 is 5.46 Å². The summed E-state index contributed by atoms with van der Waals surface area (Å²) in [7, 11) is -1.34. The molecule has 0 aliphatic rings. The first-order chi connectivity index (χ1) is 64.7. The van der Waals surface area contributed by atoms with Crippen molar-refractivity contribution in [2.45, 2.75) is 111 Å². The molecule has 0 fully saturated rings. The zero-order valence-electron chi connectivity index (χ0n) is 88.1. The fourth-order valence-electron chi connectivity index (χ4n) is 11.2. The van der Waals surface area contributed by atoms with Gasteiger partial charge in [-0.25, -0.2) is 0 Å². The molecule has 0 spiro atoms. The summed E-state index contributed by atoms with van der Waals surface area (Å²) in [5, 5.41) is 17.2. The molecule has 0 atom stereocenters. The van der Waals surface area contributed by atoms with Crippen LogP contribution in [0.2, 0.25) is 0 Å². The summed E-state index contributed by atoms with van der Waals surface area (Å²) >= 11 is 3.45. The number of aromatic nitrogens is 6.